The molecule has 1 saturated heterocycles. The molecule has 3 heterocycles. The highest BCUT2D eigenvalue weighted by Gasteiger charge is 2.38. The Morgan fingerprint density at radius 2 is 2.05 bits per heavy atom. The molecule has 0 saturated carbocycles. The lowest BCUT2D eigenvalue weighted by atomic mass is 10.1. The van der Waals surface area contributed by atoms with Crippen LogP contribution in [0.3, 0.4) is 0 Å². The summed E-state index contributed by atoms with van der Waals surface area (Å²) in [4.78, 5) is 28.3. The normalized spacial score (nSPS) is 18.3. The Bertz CT molecular complexity index is 775. The number of aromatic amines is 1. The summed E-state index contributed by atoms with van der Waals surface area (Å²) in [5.74, 6) is 0.0184. The third kappa shape index (κ3) is 1.38. The number of benzene rings is 1. The van der Waals surface area contributed by atoms with Crippen molar-refractivity contribution in [3.63, 3.8) is 0 Å². The Morgan fingerprint density at radius 1 is 1.20 bits per heavy atom. The number of aromatic nitrogens is 1. The molecule has 4 rings (SSSR count). The fourth-order valence-corrected chi connectivity index (χ4v) is 2.61. The number of amides is 2. The zero-order chi connectivity index (χ0) is 13.7. The van der Waals surface area contributed by atoms with Crippen molar-refractivity contribution in [3.8, 4) is 0 Å². The Morgan fingerprint density at radius 3 is 2.95 bits per heavy atom. The number of hydrogen-bond acceptors (Lipinski definition) is 3. The molecule has 20 heavy (non-hydrogen) atoms. The van der Waals surface area contributed by atoms with Crippen molar-refractivity contribution >= 4 is 28.5 Å². The molecule has 1 aromatic heterocycles. The van der Waals surface area contributed by atoms with E-state index < -0.39 is 0 Å². The summed E-state index contributed by atoms with van der Waals surface area (Å²) in [7, 11) is 0. The zero-order valence-corrected chi connectivity index (χ0v) is 10.5. The van der Waals surface area contributed by atoms with Gasteiger partial charge in [0.25, 0.3) is 5.91 Å². The molecule has 2 aliphatic heterocycles. The quantitative estimate of drug-likeness (QED) is 0.803. The van der Waals surface area contributed by atoms with Gasteiger partial charge in [-0.2, -0.15) is 0 Å². The summed E-state index contributed by atoms with van der Waals surface area (Å²) in [5.41, 5.74) is 2.05. The van der Waals surface area contributed by atoms with E-state index in [2.05, 4.69) is 10.3 Å². The third-order valence-electron chi connectivity index (χ3n) is 3.57. The average molecular weight is 269 g/mol. The lowest BCUT2D eigenvalue weighted by molar-refractivity contribution is -0.137. The van der Waals surface area contributed by atoms with Gasteiger partial charge in [0, 0.05) is 22.7 Å². The number of rotatable bonds is 1. The van der Waals surface area contributed by atoms with Gasteiger partial charge in [0.2, 0.25) is 5.91 Å². The molecular formula is C14H11N3O3. The van der Waals surface area contributed by atoms with Crippen LogP contribution in [0.5, 0.6) is 0 Å². The largest absolute Gasteiger partial charge is 0.470 e. The molecule has 2 amide bonds. The maximum Gasteiger partial charge on any atom is 0.272 e. The monoisotopic (exact) mass is 269 g/mol. The highest BCUT2D eigenvalue weighted by atomic mass is 16.5. The van der Waals surface area contributed by atoms with Gasteiger partial charge < -0.3 is 15.0 Å². The molecule has 1 fully saturated rings. The lowest BCUT2D eigenvalue weighted by Crippen LogP contribution is -2.48. The van der Waals surface area contributed by atoms with Gasteiger partial charge in [0.15, 0.2) is 18.2 Å². The smallest absolute Gasteiger partial charge is 0.272 e. The minimum atomic E-state index is -0.276. The van der Waals surface area contributed by atoms with E-state index in [-0.39, 0.29) is 25.1 Å². The molecule has 0 aliphatic carbocycles. The molecular weight excluding hydrogens is 258 g/mol. The van der Waals surface area contributed by atoms with E-state index in [4.69, 9.17) is 4.74 Å². The SMILES string of the molecule is O=C1NCC(=O)N2COC(c3c[nH]c4ccccc34)=C12. The van der Waals surface area contributed by atoms with Gasteiger partial charge in [-0.05, 0) is 6.07 Å². The fraction of sp³-hybridized carbons (Fsp3) is 0.143. The van der Waals surface area contributed by atoms with Gasteiger partial charge >= 0.3 is 0 Å². The van der Waals surface area contributed by atoms with Crippen LogP contribution in [0.4, 0.5) is 0 Å². The van der Waals surface area contributed by atoms with Crippen LogP contribution < -0.4 is 5.32 Å². The Hall–Kier alpha value is -2.76. The number of carbonyl (C=O) groups excluding carboxylic acids is 2. The minimum Gasteiger partial charge on any atom is -0.470 e. The maximum absolute atomic E-state index is 12.0. The molecule has 6 nitrogen and oxygen atoms in total. The first-order chi connectivity index (χ1) is 9.75. The standard InChI is InChI=1S/C14H11N3O3/c18-11-6-16-14(19)12-13(20-7-17(11)12)9-5-15-10-4-2-1-3-8(9)10/h1-5,15H,6-7H2,(H,16,19). The van der Waals surface area contributed by atoms with Crippen LogP contribution in [0.2, 0.25) is 0 Å². The zero-order valence-electron chi connectivity index (χ0n) is 10.5. The van der Waals surface area contributed by atoms with Crippen LogP contribution in [0.15, 0.2) is 36.2 Å². The van der Waals surface area contributed by atoms with Crippen LogP contribution in [-0.4, -0.2) is 35.0 Å². The number of piperazine rings is 1. The molecule has 2 aliphatic rings. The third-order valence-corrected chi connectivity index (χ3v) is 3.57. The molecule has 0 atom stereocenters. The van der Waals surface area contributed by atoms with Crippen molar-refractivity contribution in [2.24, 2.45) is 0 Å². The van der Waals surface area contributed by atoms with Gasteiger partial charge in [0.1, 0.15) is 0 Å². The van der Waals surface area contributed by atoms with Crippen molar-refractivity contribution in [1.82, 2.24) is 15.2 Å². The van der Waals surface area contributed by atoms with Gasteiger partial charge in [0.05, 0.1) is 6.54 Å². The highest BCUT2D eigenvalue weighted by molar-refractivity contribution is 6.09. The van der Waals surface area contributed by atoms with Crippen LogP contribution in [0.1, 0.15) is 5.56 Å². The molecule has 100 valence electrons. The van der Waals surface area contributed by atoms with Crippen LogP contribution in [0, 0.1) is 0 Å². The molecule has 0 bridgehead atoms. The van der Waals surface area contributed by atoms with Crippen molar-refractivity contribution in [2.75, 3.05) is 13.3 Å². The van der Waals surface area contributed by atoms with Crippen LogP contribution in [-0.2, 0) is 14.3 Å². The van der Waals surface area contributed by atoms with E-state index in [0.717, 1.165) is 16.5 Å². The first-order valence-electron chi connectivity index (χ1n) is 6.28. The number of nitrogens with zero attached hydrogens (tertiary/aromatic N) is 1. The number of hydrogen-bond donors (Lipinski definition) is 2. The van der Waals surface area contributed by atoms with Crippen molar-refractivity contribution in [1.29, 1.82) is 0 Å². The van der Waals surface area contributed by atoms with E-state index in [9.17, 15) is 9.59 Å². The summed E-state index contributed by atoms with van der Waals surface area (Å²) < 4.78 is 5.60. The summed E-state index contributed by atoms with van der Waals surface area (Å²) in [5, 5.41) is 3.53. The first-order valence-corrected chi connectivity index (χ1v) is 6.28. The second kappa shape index (κ2) is 3.86. The molecule has 6 heteroatoms. The number of fused-ring (bicyclic) bond motifs is 2. The fourth-order valence-electron chi connectivity index (χ4n) is 2.61. The van der Waals surface area contributed by atoms with E-state index in [1.807, 2.05) is 24.3 Å². The second-order valence-electron chi connectivity index (χ2n) is 4.70. The second-order valence-corrected chi connectivity index (χ2v) is 4.70. The topological polar surface area (TPSA) is 74.4 Å². The number of ether oxygens (including phenoxy) is 1. The summed E-state index contributed by atoms with van der Waals surface area (Å²) in [6, 6.07) is 7.75. The molecule has 0 radical (unpaired) electrons. The van der Waals surface area contributed by atoms with Crippen molar-refractivity contribution in [3.05, 3.63) is 41.7 Å². The molecule has 0 spiro atoms. The number of nitrogens with one attached hydrogen (secondary N) is 2. The Kier molecular flexibility index (Phi) is 2.14. The summed E-state index contributed by atoms with van der Waals surface area (Å²) >= 11 is 0. The maximum atomic E-state index is 12.0. The van der Waals surface area contributed by atoms with Gasteiger partial charge in [-0.15, -0.1) is 0 Å². The average Bonchev–Trinajstić information content (AvgIpc) is 3.07. The summed E-state index contributed by atoms with van der Waals surface area (Å²) in [6.45, 7) is 0.114. The van der Waals surface area contributed by atoms with Crippen molar-refractivity contribution in [2.45, 2.75) is 0 Å². The summed E-state index contributed by atoms with van der Waals surface area (Å²) in [6.07, 6.45) is 1.79. The van der Waals surface area contributed by atoms with E-state index in [1.165, 1.54) is 4.90 Å². The van der Waals surface area contributed by atoms with E-state index >= 15 is 0 Å². The lowest BCUT2D eigenvalue weighted by Gasteiger charge is -2.22. The predicted octanol–water partition coefficient (Wildman–Crippen LogP) is 0.783. The van der Waals surface area contributed by atoms with Gasteiger partial charge in [-0.25, -0.2) is 0 Å². The molecule has 1 aromatic carbocycles. The van der Waals surface area contributed by atoms with Crippen molar-refractivity contribution < 1.29 is 14.3 Å². The van der Waals surface area contributed by atoms with Crippen LogP contribution in [0.25, 0.3) is 16.7 Å². The number of para-hydroxylation sites is 1. The predicted molar refractivity (Wildman–Crippen MR) is 71.0 cm³/mol. The van der Waals surface area contributed by atoms with E-state index in [0.29, 0.717) is 11.5 Å². The van der Waals surface area contributed by atoms with Gasteiger partial charge in [-0.1, -0.05) is 18.2 Å². The first kappa shape index (κ1) is 11.1. The number of H-pyrrole nitrogens is 1. The van der Waals surface area contributed by atoms with Gasteiger partial charge in [-0.3, -0.25) is 14.5 Å². The minimum absolute atomic E-state index is 0.0207. The molecule has 2 aromatic rings. The Balaban J connectivity index is 1.93. The van der Waals surface area contributed by atoms with Crippen LogP contribution >= 0.6 is 0 Å². The van der Waals surface area contributed by atoms with E-state index in [1.54, 1.807) is 6.20 Å². The Labute approximate surface area is 114 Å². The molecule has 0 unspecified atom stereocenters. The molecule has 2 N–H and O–H groups in total. The highest BCUT2D eigenvalue weighted by Crippen LogP contribution is 2.34. The number of carbonyl (C=O) groups is 2.